The predicted molar refractivity (Wildman–Crippen MR) is 124 cm³/mol. The smallest absolute Gasteiger partial charge is 0.337 e. The highest BCUT2D eigenvalue weighted by Gasteiger charge is 2.12. The van der Waals surface area contributed by atoms with Crippen molar-refractivity contribution in [2.24, 2.45) is 11.7 Å². The maximum absolute atomic E-state index is 12.0. The first kappa shape index (κ1) is 27.6. The second-order valence-electron chi connectivity index (χ2n) is 7.61. The van der Waals surface area contributed by atoms with Gasteiger partial charge < -0.3 is 30.0 Å². The quantitative estimate of drug-likeness (QED) is 0.162. The van der Waals surface area contributed by atoms with E-state index in [9.17, 15) is 9.59 Å². The van der Waals surface area contributed by atoms with E-state index < -0.39 is 5.97 Å². The lowest BCUT2D eigenvalue weighted by molar-refractivity contribution is -0.140. The number of methoxy groups -OCH3 is 1. The molecule has 0 saturated carbocycles. The average molecular weight is 451 g/mol. The van der Waals surface area contributed by atoms with Crippen LogP contribution in [-0.4, -0.2) is 52.0 Å². The van der Waals surface area contributed by atoms with E-state index in [0.717, 1.165) is 24.8 Å². The van der Waals surface area contributed by atoms with Crippen molar-refractivity contribution in [2.45, 2.75) is 46.1 Å². The van der Waals surface area contributed by atoms with Gasteiger partial charge in [-0.15, -0.1) is 0 Å². The summed E-state index contributed by atoms with van der Waals surface area (Å²) in [6.07, 6.45) is 7.70. The molecule has 3 N–H and O–H groups in total. The highest BCUT2D eigenvalue weighted by atomic mass is 16.6. The van der Waals surface area contributed by atoms with Gasteiger partial charge in [0, 0.05) is 19.5 Å². The van der Waals surface area contributed by atoms with Gasteiger partial charge >= 0.3 is 5.97 Å². The Morgan fingerprint density at radius 3 is 2.59 bits per heavy atom. The summed E-state index contributed by atoms with van der Waals surface area (Å²) in [5.41, 5.74) is 6.17. The topological polar surface area (TPSA) is 109 Å². The van der Waals surface area contributed by atoms with Crippen molar-refractivity contribution in [2.75, 3.05) is 40.1 Å². The molecule has 0 aromatic heterocycles. The van der Waals surface area contributed by atoms with Gasteiger partial charge in [-0.2, -0.15) is 0 Å². The lowest BCUT2D eigenvalue weighted by Crippen LogP contribution is -2.22. The van der Waals surface area contributed by atoms with Crippen molar-refractivity contribution < 1.29 is 28.5 Å². The maximum Gasteiger partial charge on any atom is 0.337 e. The molecule has 0 heterocycles. The Balaban J connectivity index is 2.35. The lowest BCUT2D eigenvalue weighted by atomic mass is 10.1. The van der Waals surface area contributed by atoms with Crippen molar-refractivity contribution in [3.63, 3.8) is 0 Å². The van der Waals surface area contributed by atoms with Crippen LogP contribution in [0.3, 0.4) is 0 Å². The van der Waals surface area contributed by atoms with Gasteiger partial charge in [-0.05, 0) is 42.9 Å². The zero-order valence-electron chi connectivity index (χ0n) is 19.6. The van der Waals surface area contributed by atoms with Crippen molar-refractivity contribution in [1.29, 1.82) is 0 Å². The molecule has 1 aromatic rings. The number of unbranched alkanes of at least 4 members (excludes halogenated alkanes) is 2. The van der Waals surface area contributed by atoms with Crippen molar-refractivity contribution >= 4 is 11.9 Å². The van der Waals surface area contributed by atoms with Crippen molar-refractivity contribution in [3.8, 4) is 11.5 Å². The summed E-state index contributed by atoms with van der Waals surface area (Å²) in [7, 11) is 1.49. The second-order valence-corrected chi connectivity index (χ2v) is 7.61. The molecule has 32 heavy (non-hydrogen) atoms. The van der Waals surface area contributed by atoms with E-state index in [1.165, 1.54) is 7.11 Å². The number of rotatable bonds is 17. The molecule has 0 aliphatic heterocycles. The summed E-state index contributed by atoms with van der Waals surface area (Å²) >= 11 is 0. The first-order chi connectivity index (χ1) is 15.5. The summed E-state index contributed by atoms with van der Waals surface area (Å²) in [5, 5.41) is 2.91. The van der Waals surface area contributed by atoms with Crippen molar-refractivity contribution in [1.82, 2.24) is 5.32 Å². The molecule has 1 amide bonds. The summed E-state index contributed by atoms with van der Waals surface area (Å²) in [5.74, 6) is 0.745. The molecule has 0 unspecified atom stereocenters. The van der Waals surface area contributed by atoms with E-state index in [4.69, 9.17) is 24.7 Å². The van der Waals surface area contributed by atoms with Crippen LogP contribution in [-0.2, 0) is 25.6 Å². The Labute approximate surface area is 191 Å². The normalized spacial score (nSPS) is 11.2. The Morgan fingerprint density at radius 1 is 1.09 bits per heavy atom. The molecule has 0 bridgehead atoms. The number of nitrogens with two attached hydrogens (primary N) is 1. The number of benzene rings is 1. The molecule has 8 nitrogen and oxygen atoms in total. The number of hydrogen-bond acceptors (Lipinski definition) is 7. The summed E-state index contributed by atoms with van der Waals surface area (Å²) < 4.78 is 21.0. The Kier molecular flexibility index (Phi) is 14.8. The number of carbonyl (C=O) groups is 2. The lowest BCUT2D eigenvalue weighted by Gasteiger charge is -2.12. The summed E-state index contributed by atoms with van der Waals surface area (Å²) in [4.78, 5) is 24.0. The molecule has 1 aromatic carbocycles. The fourth-order valence-electron chi connectivity index (χ4n) is 2.72. The first-order valence-electron chi connectivity index (χ1n) is 11.1. The van der Waals surface area contributed by atoms with Crippen LogP contribution in [0, 0.1) is 5.92 Å². The third-order valence-corrected chi connectivity index (χ3v) is 4.34. The molecule has 0 saturated heterocycles. The Bertz CT molecular complexity index is 706. The third kappa shape index (κ3) is 13.1. The van der Waals surface area contributed by atoms with E-state index in [1.54, 1.807) is 18.2 Å². The minimum Gasteiger partial charge on any atom is -0.493 e. The summed E-state index contributed by atoms with van der Waals surface area (Å²) in [6, 6.07) is 5.16. The minimum atomic E-state index is -0.536. The SMILES string of the molecule is COc1cc(CNC(=O)CCCC/C=C/C(C)C)ccc1OC(=O)COCCOCCN. The number of ether oxygens (including phenoxy) is 4. The molecule has 180 valence electrons. The van der Waals surface area contributed by atoms with E-state index in [0.29, 0.717) is 50.1 Å². The number of carbonyl (C=O) groups excluding carboxylic acids is 2. The van der Waals surface area contributed by atoms with E-state index in [1.807, 2.05) is 0 Å². The predicted octanol–water partition coefficient (Wildman–Crippen LogP) is 2.98. The summed E-state index contributed by atoms with van der Waals surface area (Å²) in [6.45, 7) is 6.01. The van der Waals surface area contributed by atoms with Gasteiger partial charge in [0.05, 0.1) is 26.9 Å². The fraction of sp³-hybridized carbons (Fsp3) is 0.583. The van der Waals surface area contributed by atoms with Crippen LogP contribution in [0.1, 0.15) is 45.1 Å². The molecule has 0 atom stereocenters. The molecule has 0 fully saturated rings. The number of hydrogen-bond donors (Lipinski definition) is 2. The van der Waals surface area contributed by atoms with E-state index in [2.05, 4.69) is 31.3 Å². The standard InChI is InChI=1S/C24H38N2O6/c1-19(2)8-6-4-5-7-9-23(27)26-17-20-10-11-21(22(16-20)29-3)32-24(28)18-31-15-14-30-13-12-25/h6,8,10-11,16,19H,4-5,7,9,12-15,17-18,25H2,1-3H3,(H,26,27)/b8-6+. The number of nitrogens with one attached hydrogen (secondary N) is 1. The number of esters is 1. The van der Waals surface area contributed by atoms with Crippen LogP contribution in [0.4, 0.5) is 0 Å². The second kappa shape index (κ2) is 17.2. The van der Waals surface area contributed by atoms with Gasteiger partial charge in [-0.3, -0.25) is 4.79 Å². The van der Waals surface area contributed by atoms with E-state index >= 15 is 0 Å². The Morgan fingerprint density at radius 2 is 1.88 bits per heavy atom. The van der Waals surface area contributed by atoms with Crippen LogP contribution >= 0.6 is 0 Å². The van der Waals surface area contributed by atoms with Gasteiger partial charge in [-0.25, -0.2) is 4.79 Å². The molecule has 0 aliphatic rings. The highest BCUT2D eigenvalue weighted by molar-refractivity contribution is 5.76. The molecular weight excluding hydrogens is 412 g/mol. The van der Waals surface area contributed by atoms with Crippen LogP contribution < -0.4 is 20.5 Å². The highest BCUT2D eigenvalue weighted by Crippen LogP contribution is 2.28. The molecule has 0 radical (unpaired) electrons. The van der Waals surface area contributed by atoms with Gasteiger partial charge in [0.1, 0.15) is 6.61 Å². The van der Waals surface area contributed by atoms with E-state index in [-0.39, 0.29) is 19.1 Å². The Hall–Kier alpha value is -2.42. The maximum atomic E-state index is 12.0. The average Bonchev–Trinajstić information content (AvgIpc) is 2.77. The largest absolute Gasteiger partial charge is 0.493 e. The zero-order chi connectivity index (χ0) is 23.6. The zero-order valence-corrected chi connectivity index (χ0v) is 19.6. The molecular formula is C24H38N2O6. The monoisotopic (exact) mass is 450 g/mol. The number of amides is 1. The number of allylic oxidation sites excluding steroid dienone is 2. The first-order valence-corrected chi connectivity index (χ1v) is 11.1. The van der Waals surface area contributed by atoms with Crippen LogP contribution in [0.15, 0.2) is 30.4 Å². The van der Waals surface area contributed by atoms with Crippen LogP contribution in [0.2, 0.25) is 0 Å². The van der Waals surface area contributed by atoms with Gasteiger partial charge in [-0.1, -0.05) is 32.1 Å². The third-order valence-electron chi connectivity index (χ3n) is 4.34. The van der Waals surface area contributed by atoms with Gasteiger partial charge in [0.25, 0.3) is 0 Å². The van der Waals surface area contributed by atoms with Gasteiger partial charge in [0.15, 0.2) is 11.5 Å². The molecule has 0 aliphatic carbocycles. The van der Waals surface area contributed by atoms with Gasteiger partial charge in [0.2, 0.25) is 5.91 Å². The molecule has 1 rings (SSSR count). The van der Waals surface area contributed by atoms with Crippen LogP contribution in [0.5, 0.6) is 11.5 Å². The van der Waals surface area contributed by atoms with Crippen LogP contribution in [0.25, 0.3) is 0 Å². The molecule has 8 heteroatoms. The molecule has 0 spiro atoms. The minimum absolute atomic E-state index is 0.0138. The van der Waals surface area contributed by atoms with Crippen molar-refractivity contribution in [3.05, 3.63) is 35.9 Å². The fourth-order valence-corrected chi connectivity index (χ4v) is 2.72.